The molecule has 1 aromatic heterocycles. The van der Waals surface area contributed by atoms with Crippen LogP contribution in [-0.2, 0) is 19.5 Å². The summed E-state index contributed by atoms with van der Waals surface area (Å²) in [6.45, 7) is 2.37. The van der Waals surface area contributed by atoms with E-state index in [2.05, 4.69) is 49.0 Å². The Balaban J connectivity index is 1.52. The number of aliphatic imine (C=N–C) groups is 1. The Morgan fingerprint density at radius 1 is 1.11 bits per heavy atom. The smallest absolute Gasteiger partial charge is 0.193 e. The zero-order valence-corrected chi connectivity index (χ0v) is 17.1. The molecule has 0 saturated heterocycles. The molecule has 1 N–H and O–H groups in total. The van der Waals surface area contributed by atoms with E-state index in [1.54, 1.807) is 7.05 Å². The van der Waals surface area contributed by atoms with Gasteiger partial charge in [0.2, 0.25) is 0 Å². The van der Waals surface area contributed by atoms with E-state index in [0.717, 1.165) is 42.9 Å². The molecule has 0 amide bonds. The summed E-state index contributed by atoms with van der Waals surface area (Å²) in [6, 6.07) is 18.3. The second-order valence-corrected chi connectivity index (χ2v) is 7.10. The topological polar surface area (TPSA) is 45.5 Å². The van der Waals surface area contributed by atoms with Crippen molar-refractivity contribution in [1.82, 2.24) is 19.8 Å². The third-order valence-electron chi connectivity index (χ3n) is 4.54. The summed E-state index contributed by atoms with van der Waals surface area (Å²) in [4.78, 5) is 11.0. The fraction of sp³-hybridized carbons (Fsp3) is 0.273. The van der Waals surface area contributed by atoms with Crippen LogP contribution < -0.4 is 5.32 Å². The van der Waals surface area contributed by atoms with Gasteiger partial charge in [-0.1, -0.05) is 54.1 Å². The largest absolute Gasteiger partial charge is 0.356 e. The molecule has 0 bridgehead atoms. The number of imidazole rings is 1. The molecule has 3 aromatic rings. The monoisotopic (exact) mass is 395 g/mol. The summed E-state index contributed by atoms with van der Waals surface area (Å²) in [5.74, 6) is 1.92. The van der Waals surface area contributed by atoms with E-state index in [1.165, 1.54) is 11.1 Å². The maximum atomic E-state index is 5.96. The quantitative estimate of drug-likeness (QED) is 0.488. The predicted octanol–water partition coefficient (Wildman–Crippen LogP) is 3.83. The Morgan fingerprint density at radius 3 is 2.57 bits per heavy atom. The number of nitrogens with zero attached hydrogens (tertiary/aromatic N) is 4. The van der Waals surface area contributed by atoms with Crippen LogP contribution in [0.2, 0.25) is 5.02 Å². The van der Waals surface area contributed by atoms with Crippen molar-refractivity contribution in [2.45, 2.75) is 19.5 Å². The summed E-state index contributed by atoms with van der Waals surface area (Å²) in [7, 11) is 3.83. The molecule has 1 heterocycles. The molecule has 146 valence electrons. The average Bonchev–Trinajstić information content (AvgIpc) is 3.14. The van der Waals surface area contributed by atoms with Gasteiger partial charge in [0.25, 0.3) is 0 Å². The Bertz CT molecular complexity index is 887. The minimum absolute atomic E-state index is 0.750. The zero-order valence-electron chi connectivity index (χ0n) is 16.3. The van der Waals surface area contributed by atoms with Crippen molar-refractivity contribution < 1.29 is 0 Å². The lowest BCUT2D eigenvalue weighted by Gasteiger charge is -2.22. The number of hydrogen-bond acceptors (Lipinski definition) is 2. The van der Waals surface area contributed by atoms with Crippen LogP contribution >= 0.6 is 11.6 Å². The molecule has 0 unspecified atom stereocenters. The molecule has 6 heteroatoms. The molecule has 0 spiro atoms. The van der Waals surface area contributed by atoms with Crippen LogP contribution in [0.15, 0.2) is 72.0 Å². The molecule has 2 aromatic carbocycles. The minimum Gasteiger partial charge on any atom is -0.356 e. The van der Waals surface area contributed by atoms with Crippen LogP contribution in [0.1, 0.15) is 17.0 Å². The van der Waals surface area contributed by atoms with Crippen LogP contribution in [0.25, 0.3) is 0 Å². The fourth-order valence-corrected chi connectivity index (χ4v) is 3.23. The number of aromatic nitrogens is 2. The molecule has 3 rings (SSSR count). The lowest BCUT2D eigenvalue weighted by molar-refractivity contribution is 0.476. The second kappa shape index (κ2) is 9.95. The Labute approximate surface area is 171 Å². The lowest BCUT2D eigenvalue weighted by atomic mass is 10.2. The van der Waals surface area contributed by atoms with Gasteiger partial charge in [-0.05, 0) is 23.3 Å². The van der Waals surface area contributed by atoms with E-state index in [0.29, 0.717) is 0 Å². The van der Waals surface area contributed by atoms with Crippen molar-refractivity contribution in [3.63, 3.8) is 0 Å². The number of benzene rings is 2. The van der Waals surface area contributed by atoms with Gasteiger partial charge in [-0.3, -0.25) is 4.99 Å². The van der Waals surface area contributed by atoms with Crippen LogP contribution in [-0.4, -0.2) is 41.1 Å². The maximum absolute atomic E-state index is 5.96. The van der Waals surface area contributed by atoms with E-state index in [9.17, 15) is 0 Å². The summed E-state index contributed by atoms with van der Waals surface area (Å²) < 4.78 is 2.19. The van der Waals surface area contributed by atoms with Gasteiger partial charge in [-0.25, -0.2) is 4.98 Å². The minimum atomic E-state index is 0.750. The first-order valence-electron chi connectivity index (χ1n) is 9.36. The average molecular weight is 396 g/mol. The summed E-state index contributed by atoms with van der Waals surface area (Å²) in [5, 5.41) is 4.18. The van der Waals surface area contributed by atoms with Crippen molar-refractivity contribution in [2.75, 3.05) is 20.6 Å². The van der Waals surface area contributed by atoms with Crippen molar-refractivity contribution in [3.05, 3.63) is 89.0 Å². The number of rotatable bonds is 7. The van der Waals surface area contributed by atoms with Crippen LogP contribution in [0.3, 0.4) is 0 Å². The molecule has 0 aliphatic heterocycles. The van der Waals surface area contributed by atoms with Gasteiger partial charge in [-0.2, -0.15) is 0 Å². The SMILES string of the molecule is CN=C(NCCc1nccn1Cc1ccccc1)N(C)Cc1ccc(Cl)cc1. The van der Waals surface area contributed by atoms with E-state index in [4.69, 9.17) is 11.6 Å². The summed E-state index contributed by atoms with van der Waals surface area (Å²) in [6.07, 6.45) is 4.72. The molecule has 0 fully saturated rings. The van der Waals surface area contributed by atoms with Crippen molar-refractivity contribution in [3.8, 4) is 0 Å². The van der Waals surface area contributed by atoms with Gasteiger partial charge in [-0.15, -0.1) is 0 Å². The molecular formula is C22H26ClN5. The normalized spacial score (nSPS) is 11.5. The van der Waals surface area contributed by atoms with Gasteiger partial charge >= 0.3 is 0 Å². The number of nitrogens with one attached hydrogen (secondary N) is 1. The third kappa shape index (κ3) is 5.60. The Kier molecular flexibility index (Phi) is 7.09. The number of halogens is 1. The van der Waals surface area contributed by atoms with Crippen LogP contribution in [0, 0.1) is 0 Å². The van der Waals surface area contributed by atoms with Crippen molar-refractivity contribution in [1.29, 1.82) is 0 Å². The fourth-order valence-electron chi connectivity index (χ4n) is 3.10. The van der Waals surface area contributed by atoms with Gasteiger partial charge in [0, 0.05) is 57.6 Å². The van der Waals surface area contributed by atoms with Gasteiger partial charge < -0.3 is 14.8 Å². The highest BCUT2D eigenvalue weighted by Gasteiger charge is 2.08. The van der Waals surface area contributed by atoms with Gasteiger partial charge in [0.05, 0.1) is 0 Å². The summed E-state index contributed by atoms with van der Waals surface area (Å²) >= 11 is 5.96. The lowest BCUT2D eigenvalue weighted by Crippen LogP contribution is -2.39. The molecular weight excluding hydrogens is 370 g/mol. The Hall–Kier alpha value is -2.79. The zero-order chi connectivity index (χ0) is 19.8. The molecule has 0 aliphatic rings. The second-order valence-electron chi connectivity index (χ2n) is 6.66. The predicted molar refractivity (Wildman–Crippen MR) is 116 cm³/mol. The van der Waals surface area contributed by atoms with Crippen LogP contribution in [0.5, 0.6) is 0 Å². The van der Waals surface area contributed by atoms with Gasteiger partial charge in [0.15, 0.2) is 5.96 Å². The van der Waals surface area contributed by atoms with E-state index >= 15 is 0 Å². The van der Waals surface area contributed by atoms with Gasteiger partial charge in [0.1, 0.15) is 5.82 Å². The molecule has 0 atom stereocenters. The highest BCUT2D eigenvalue weighted by Crippen LogP contribution is 2.11. The number of hydrogen-bond donors (Lipinski definition) is 1. The highest BCUT2D eigenvalue weighted by molar-refractivity contribution is 6.30. The first kappa shape index (κ1) is 20.0. The standard InChI is InChI=1S/C22H26ClN5/c1-24-22(27(2)16-19-8-10-20(23)11-9-19)26-13-12-21-25-14-15-28(21)17-18-6-4-3-5-7-18/h3-11,14-15H,12-13,16-17H2,1-2H3,(H,24,26). The maximum Gasteiger partial charge on any atom is 0.193 e. The van der Waals surface area contributed by atoms with Crippen molar-refractivity contribution >= 4 is 17.6 Å². The molecule has 0 saturated carbocycles. The summed E-state index contributed by atoms with van der Waals surface area (Å²) in [5.41, 5.74) is 2.46. The Morgan fingerprint density at radius 2 is 1.86 bits per heavy atom. The number of guanidine groups is 1. The first-order chi connectivity index (χ1) is 13.7. The van der Waals surface area contributed by atoms with E-state index in [1.807, 2.05) is 49.8 Å². The molecule has 28 heavy (non-hydrogen) atoms. The van der Waals surface area contributed by atoms with Crippen LogP contribution in [0.4, 0.5) is 0 Å². The van der Waals surface area contributed by atoms with Crippen molar-refractivity contribution in [2.24, 2.45) is 4.99 Å². The highest BCUT2D eigenvalue weighted by atomic mass is 35.5. The molecule has 0 radical (unpaired) electrons. The molecule has 0 aliphatic carbocycles. The van der Waals surface area contributed by atoms with E-state index < -0.39 is 0 Å². The first-order valence-corrected chi connectivity index (χ1v) is 9.73. The van der Waals surface area contributed by atoms with E-state index in [-0.39, 0.29) is 0 Å². The third-order valence-corrected chi connectivity index (χ3v) is 4.79. The molecule has 5 nitrogen and oxygen atoms in total.